The molecule has 1 unspecified atom stereocenters. The van der Waals surface area contributed by atoms with Crippen LogP contribution in [-0.2, 0) is 5.41 Å². The molecule has 0 heterocycles. The minimum absolute atomic E-state index is 0.320. The van der Waals surface area contributed by atoms with Gasteiger partial charge in [0.1, 0.15) is 0 Å². The van der Waals surface area contributed by atoms with Gasteiger partial charge in [0.25, 0.3) is 0 Å². The fraction of sp³-hybridized carbons (Fsp3) is 0.0612. The number of allylic oxidation sites excluding steroid dienone is 4. The summed E-state index contributed by atoms with van der Waals surface area (Å²) in [4.78, 5) is 2.47. The Morgan fingerprint density at radius 1 is 0.490 bits per heavy atom. The quantitative estimate of drug-likeness (QED) is 0.171. The van der Waals surface area contributed by atoms with Crippen LogP contribution in [0.5, 0.6) is 0 Å². The summed E-state index contributed by atoms with van der Waals surface area (Å²) in [5, 5.41) is 0. The summed E-state index contributed by atoms with van der Waals surface area (Å²) in [6.07, 6.45) is 6.85. The highest BCUT2D eigenvalue weighted by molar-refractivity contribution is 9.10. The highest BCUT2D eigenvalue weighted by Gasteiger charge is 2.53. The van der Waals surface area contributed by atoms with Crippen molar-refractivity contribution in [2.24, 2.45) is 0 Å². The normalized spacial score (nSPS) is 16.5. The molecule has 1 spiro atoms. The smallest absolute Gasteiger partial charge is 0.0689 e. The summed E-state index contributed by atoms with van der Waals surface area (Å²) >= 11 is 3.70. The third kappa shape index (κ3) is 4.60. The first kappa shape index (κ1) is 30.2. The molecule has 0 radical (unpaired) electrons. The molecule has 1 nitrogen and oxygen atoms in total. The molecular weight excluding hydrogens is 682 g/mol. The first-order valence-electron chi connectivity index (χ1n) is 17.8. The standard InChI is InChI=1S/C49H34BrN/c50-37-17-10-15-35(31-37)36-16-11-18-39(32-36)51(38-29-27-34(28-30-38)33-13-2-1-3-14-33)47-26-12-25-46-48(47)42-21-6-9-24-45(42)49(46)43-22-7-4-19-40(43)41-20-5-8-23-44(41)49/h1-7,9-22,24-32H,8,23H2. The van der Waals surface area contributed by atoms with Crippen molar-refractivity contribution in [3.05, 3.63) is 214 Å². The van der Waals surface area contributed by atoms with Gasteiger partial charge in [0.15, 0.2) is 0 Å². The number of rotatable bonds is 5. The lowest BCUT2D eigenvalue weighted by atomic mass is 9.68. The summed E-state index contributed by atoms with van der Waals surface area (Å²) in [5.74, 6) is 0. The van der Waals surface area contributed by atoms with E-state index in [-0.39, 0.29) is 5.41 Å². The molecule has 7 aromatic rings. The van der Waals surface area contributed by atoms with Gasteiger partial charge in [-0.25, -0.2) is 0 Å². The average Bonchev–Trinajstić information content (AvgIpc) is 3.67. The Bertz CT molecular complexity index is 2540. The number of hydrogen-bond donors (Lipinski definition) is 0. The molecule has 0 N–H and O–H groups in total. The number of benzene rings is 7. The van der Waals surface area contributed by atoms with Crippen LogP contribution in [0.4, 0.5) is 17.1 Å². The lowest BCUT2D eigenvalue weighted by Gasteiger charge is -2.34. The average molecular weight is 717 g/mol. The highest BCUT2D eigenvalue weighted by Crippen LogP contribution is 2.65. The lowest BCUT2D eigenvalue weighted by molar-refractivity contribution is 0.714. The fourth-order valence-electron chi connectivity index (χ4n) is 8.98. The zero-order valence-electron chi connectivity index (χ0n) is 28.1. The maximum absolute atomic E-state index is 3.70. The summed E-state index contributed by atoms with van der Waals surface area (Å²) in [7, 11) is 0. The van der Waals surface area contributed by atoms with Gasteiger partial charge < -0.3 is 4.90 Å². The third-order valence-electron chi connectivity index (χ3n) is 11.0. The maximum Gasteiger partial charge on any atom is 0.0689 e. The topological polar surface area (TPSA) is 3.24 Å². The van der Waals surface area contributed by atoms with E-state index in [0.717, 1.165) is 28.7 Å². The molecule has 0 aromatic heterocycles. The third-order valence-corrected chi connectivity index (χ3v) is 11.5. The maximum atomic E-state index is 3.70. The zero-order valence-corrected chi connectivity index (χ0v) is 29.6. The van der Waals surface area contributed by atoms with Crippen molar-refractivity contribution >= 4 is 38.6 Å². The van der Waals surface area contributed by atoms with Gasteiger partial charge in [-0.1, -0.05) is 155 Å². The van der Waals surface area contributed by atoms with Gasteiger partial charge in [0, 0.05) is 21.4 Å². The fourth-order valence-corrected chi connectivity index (χ4v) is 9.38. The van der Waals surface area contributed by atoms with Gasteiger partial charge >= 0.3 is 0 Å². The van der Waals surface area contributed by atoms with Crippen molar-refractivity contribution in [2.75, 3.05) is 4.90 Å². The summed E-state index contributed by atoms with van der Waals surface area (Å²) < 4.78 is 1.07. The van der Waals surface area contributed by atoms with Crippen molar-refractivity contribution in [2.45, 2.75) is 18.3 Å². The first-order valence-corrected chi connectivity index (χ1v) is 18.6. The molecule has 7 aromatic carbocycles. The van der Waals surface area contributed by atoms with Crippen LogP contribution < -0.4 is 4.90 Å². The van der Waals surface area contributed by atoms with Gasteiger partial charge in [-0.2, -0.15) is 0 Å². The van der Waals surface area contributed by atoms with Gasteiger partial charge in [0.2, 0.25) is 0 Å². The van der Waals surface area contributed by atoms with E-state index in [1.807, 2.05) is 0 Å². The monoisotopic (exact) mass is 715 g/mol. The van der Waals surface area contributed by atoms with Gasteiger partial charge in [-0.3, -0.25) is 0 Å². The van der Waals surface area contributed by atoms with E-state index >= 15 is 0 Å². The van der Waals surface area contributed by atoms with Crippen LogP contribution in [0.3, 0.4) is 0 Å². The minimum atomic E-state index is -0.320. The van der Waals surface area contributed by atoms with Crippen LogP contribution in [0.15, 0.2) is 192 Å². The van der Waals surface area contributed by atoms with Crippen molar-refractivity contribution < 1.29 is 0 Å². The molecule has 0 fully saturated rings. The molecule has 2 heteroatoms. The summed E-state index contributed by atoms with van der Waals surface area (Å²) in [6, 6.07) is 62.6. The van der Waals surface area contributed by atoms with Crippen LogP contribution in [0, 0.1) is 0 Å². The number of nitrogens with zero attached hydrogens (tertiary/aromatic N) is 1. The first-order chi connectivity index (χ1) is 25.2. The Labute approximate surface area is 308 Å². The molecule has 10 rings (SSSR count). The van der Waals surface area contributed by atoms with Crippen LogP contribution >= 0.6 is 15.9 Å². The van der Waals surface area contributed by atoms with E-state index in [2.05, 4.69) is 203 Å². The Hall–Kier alpha value is -5.70. The molecule has 3 aliphatic carbocycles. The Balaban J connectivity index is 1.23. The van der Waals surface area contributed by atoms with Crippen LogP contribution in [0.2, 0.25) is 0 Å². The number of anilines is 3. The van der Waals surface area contributed by atoms with Crippen LogP contribution in [0.1, 0.15) is 35.1 Å². The van der Waals surface area contributed by atoms with E-state index in [1.165, 1.54) is 72.5 Å². The largest absolute Gasteiger partial charge is 0.310 e. The number of fused-ring (bicyclic) bond motifs is 9. The highest BCUT2D eigenvalue weighted by atomic mass is 79.9. The van der Waals surface area contributed by atoms with E-state index in [0.29, 0.717) is 0 Å². The van der Waals surface area contributed by atoms with Gasteiger partial charge in [0.05, 0.1) is 11.1 Å². The Morgan fingerprint density at radius 2 is 1.12 bits per heavy atom. The van der Waals surface area contributed by atoms with Crippen molar-refractivity contribution in [3.63, 3.8) is 0 Å². The predicted molar refractivity (Wildman–Crippen MR) is 217 cm³/mol. The molecule has 242 valence electrons. The van der Waals surface area contributed by atoms with E-state index in [9.17, 15) is 0 Å². The Morgan fingerprint density at radius 3 is 1.92 bits per heavy atom. The summed E-state index contributed by atoms with van der Waals surface area (Å²) in [5.41, 5.74) is 19.0. The van der Waals surface area contributed by atoms with Crippen LogP contribution in [-0.4, -0.2) is 0 Å². The molecule has 0 aliphatic heterocycles. The van der Waals surface area contributed by atoms with E-state index in [1.54, 1.807) is 0 Å². The van der Waals surface area contributed by atoms with E-state index < -0.39 is 0 Å². The molecule has 1 atom stereocenters. The second-order valence-corrected chi connectivity index (χ2v) is 14.6. The molecular formula is C49H34BrN. The summed E-state index contributed by atoms with van der Waals surface area (Å²) in [6.45, 7) is 0. The second-order valence-electron chi connectivity index (χ2n) is 13.7. The Kier molecular flexibility index (Phi) is 7.08. The molecule has 3 aliphatic rings. The SMILES string of the molecule is Brc1cccc(-c2cccc(N(c3ccc(-c4ccccc4)cc3)c3cccc4c3-c3ccccc3C43C4=C(C=CCC4)c4ccccc43)c2)c1. The lowest BCUT2D eigenvalue weighted by Crippen LogP contribution is -2.27. The van der Waals surface area contributed by atoms with Gasteiger partial charge in [-0.05, 0) is 117 Å². The van der Waals surface area contributed by atoms with Crippen molar-refractivity contribution in [1.82, 2.24) is 0 Å². The number of hydrogen-bond acceptors (Lipinski definition) is 1. The molecule has 0 saturated carbocycles. The number of halogens is 1. The molecule has 0 bridgehead atoms. The van der Waals surface area contributed by atoms with Crippen molar-refractivity contribution in [3.8, 4) is 33.4 Å². The van der Waals surface area contributed by atoms with Crippen LogP contribution in [0.25, 0.3) is 39.0 Å². The molecule has 0 saturated heterocycles. The second kappa shape index (κ2) is 12.0. The molecule has 51 heavy (non-hydrogen) atoms. The predicted octanol–water partition coefficient (Wildman–Crippen LogP) is 13.7. The minimum Gasteiger partial charge on any atom is -0.310 e. The van der Waals surface area contributed by atoms with Crippen molar-refractivity contribution in [1.29, 1.82) is 0 Å². The zero-order chi connectivity index (χ0) is 33.9. The molecule has 0 amide bonds. The van der Waals surface area contributed by atoms with Gasteiger partial charge in [-0.15, -0.1) is 0 Å². The van der Waals surface area contributed by atoms with E-state index in [4.69, 9.17) is 0 Å².